The van der Waals surface area contributed by atoms with Crippen molar-refractivity contribution < 1.29 is 0 Å². The third-order valence-corrected chi connectivity index (χ3v) is 3.91. The molecule has 0 atom stereocenters. The van der Waals surface area contributed by atoms with Crippen molar-refractivity contribution in [1.29, 1.82) is 0 Å². The van der Waals surface area contributed by atoms with Gasteiger partial charge in [0.1, 0.15) is 0 Å². The number of nitrogens with zero attached hydrogens (tertiary/aromatic N) is 5. The van der Waals surface area contributed by atoms with E-state index >= 15 is 0 Å². The Kier molecular flexibility index (Phi) is 3.66. The molecule has 2 fully saturated rings. The second-order valence-electron chi connectivity index (χ2n) is 5.39. The van der Waals surface area contributed by atoms with Crippen LogP contribution in [-0.4, -0.2) is 41.1 Å². The molecule has 6 heteroatoms. The lowest BCUT2D eigenvalue weighted by Crippen LogP contribution is -2.28. The first-order valence-corrected chi connectivity index (χ1v) is 7.34. The first kappa shape index (κ1) is 12.4. The molecule has 3 rings (SSSR count). The molecule has 19 heavy (non-hydrogen) atoms. The molecule has 1 aromatic heterocycles. The Labute approximate surface area is 114 Å². The Morgan fingerprint density at radius 3 is 1.53 bits per heavy atom. The number of rotatable bonds is 2. The fraction of sp³-hybridized carbons (Fsp3) is 0.769. The van der Waals surface area contributed by atoms with Crippen molar-refractivity contribution in [3.05, 3.63) is 0 Å². The van der Waals surface area contributed by atoms with Crippen LogP contribution >= 0.6 is 0 Å². The van der Waals surface area contributed by atoms with Crippen LogP contribution in [0.2, 0.25) is 0 Å². The Morgan fingerprint density at radius 2 is 1.05 bits per heavy atom. The summed E-state index contributed by atoms with van der Waals surface area (Å²) in [6.45, 7) is 4.12. The highest BCUT2D eigenvalue weighted by Gasteiger charge is 2.19. The molecule has 0 aromatic carbocycles. The summed E-state index contributed by atoms with van der Waals surface area (Å²) in [6, 6.07) is 0. The first-order chi connectivity index (χ1) is 9.33. The summed E-state index contributed by atoms with van der Waals surface area (Å²) in [5.41, 5.74) is 5.86. The maximum Gasteiger partial charge on any atom is 0.231 e. The van der Waals surface area contributed by atoms with Gasteiger partial charge in [0.2, 0.25) is 17.8 Å². The standard InChI is InChI=1S/C13H22N6/c14-11-15-12(18-7-3-1-2-4-8-18)17-13(16-11)19-9-5-6-10-19/h1-10H2,(H2,14,15,16,17). The van der Waals surface area contributed by atoms with Crippen molar-refractivity contribution in [2.45, 2.75) is 38.5 Å². The summed E-state index contributed by atoms with van der Waals surface area (Å²) < 4.78 is 0. The van der Waals surface area contributed by atoms with E-state index in [0.717, 1.165) is 38.1 Å². The van der Waals surface area contributed by atoms with E-state index in [-0.39, 0.29) is 0 Å². The van der Waals surface area contributed by atoms with Crippen LogP contribution in [0.5, 0.6) is 0 Å². The molecule has 2 saturated heterocycles. The Balaban J connectivity index is 1.83. The summed E-state index contributed by atoms with van der Waals surface area (Å²) in [7, 11) is 0. The van der Waals surface area contributed by atoms with Crippen molar-refractivity contribution in [2.24, 2.45) is 0 Å². The van der Waals surface area contributed by atoms with E-state index in [0.29, 0.717) is 5.95 Å². The van der Waals surface area contributed by atoms with Gasteiger partial charge in [-0.2, -0.15) is 15.0 Å². The lowest BCUT2D eigenvalue weighted by molar-refractivity contribution is 0.726. The van der Waals surface area contributed by atoms with Gasteiger partial charge in [-0.15, -0.1) is 0 Å². The monoisotopic (exact) mass is 262 g/mol. The van der Waals surface area contributed by atoms with Crippen LogP contribution in [-0.2, 0) is 0 Å². The van der Waals surface area contributed by atoms with Gasteiger partial charge in [0, 0.05) is 26.2 Å². The highest BCUT2D eigenvalue weighted by atomic mass is 15.4. The normalized spacial score (nSPS) is 20.6. The Morgan fingerprint density at radius 1 is 0.632 bits per heavy atom. The van der Waals surface area contributed by atoms with E-state index in [4.69, 9.17) is 5.73 Å². The van der Waals surface area contributed by atoms with Crippen molar-refractivity contribution >= 4 is 17.8 Å². The van der Waals surface area contributed by atoms with Gasteiger partial charge in [-0.05, 0) is 25.7 Å². The molecule has 1 aromatic rings. The largest absolute Gasteiger partial charge is 0.368 e. The number of hydrogen-bond donors (Lipinski definition) is 1. The Hall–Kier alpha value is -1.59. The molecule has 2 aliphatic rings. The van der Waals surface area contributed by atoms with Gasteiger partial charge in [-0.25, -0.2) is 0 Å². The van der Waals surface area contributed by atoms with Gasteiger partial charge in [-0.3, -0.25) is 0 Å². The third kappa shape index (κ3) is 2.88. The molecule has 3 heterocycles. The quantitative estimate of drug-likeness (QED) is 0.869. The molecule has 0 amide bonds. The fourth-order valence-electron chi connectivity index (χ4n) is 2.84. The van der Waals surface area contributed by atoms with Crippen molar-refractivity contribution in [3.8, 4) is 0 Å². The summed E-state index contributed by atoms with van der Waals surface area (Å²) in [4.78, 5) is 17.7. The average Bonchev–Trinajstić information content (AvgIpc) is 2.81. The van der Waals surface area contributed by atoms with Crippen LogP contribution in [0.4, 0.5) is 17.8 Å². The van der Waals surface area contributed by atoms with Crippen molar-refractivity contribution in [3.63, 3.8) is 0 Å². The van der Waals surface area contributed by atoms with E-state index in [2.05, 4.69) is 24.8 Å². The van der Waals surface area contributed by atoms with Gasteiger partial charge < -0.3 is 15.5 Å². The molecule has 2 N–H and O–H groups in total. The number of anilines is 3. The van der Waals surface area contributed by atoms with Crippen LogP contribution in [0.25, 0.3) is 0 Å². The van der Waals surface area contributed by atoms with Crippen LogP contribution in [0.3, 0.4) is 0 Å². The Bertz CT molecular complexity index is 421. The molecule has 0 spiro atoms. The van der Waals surface area contributed by atoms with E-state index in [1.165, 1.54) is 38.5 Å². The zero-order valence-corrected chi connectivity index (χ0v) is 11.4. The predicted octanol–water partition coefficient (Wildman–Crippen LogP) is 1.43. The number of hydrogen-bond acceptors (Lipinski definition) is 6. The molecule has 104 valence electrons. The number of nitrogens with two attached hydrogens (primary N) is 1. The minimum absolute atomic E-state index is 0.344. The van der Waals surface area contributed by atoms with E-state index < -0.39 is 0 Å². The predicted molar refractivity (Wildman–Crippen MR) is 76.4 cm³/mol. The molecule has 0 radical (unpaired) electrons. The zero-order chi connectivity index (χ0) is 13.1. The molecule has 0 unspecified atom stereocenters. The lowest BCUT2D eigenvalue weighted by atomic mass is 10.2. The fourth-order valence-corrected chi connectivity index (χ4v) is 2.84. The smallest absolute Gasteiger partial charge is 0.231 e. The average molecular weight is 262 g/mol. The van der Waals surface area contributed by atoms with E-state index in [1.807, 2.05) is 0 Å². The highest BCUT2D eigenvalue weighted by Crippen LogP contribution is 2.21. The molecule has 6 nitrogen and oxygen atoms in total. The van der Waals surface area contributed by atoms with Gasteiger partial charge in [0.25, 0.3) is 0 Å². The molecule has 0 bridgehead atoms. The third-order valence-electron chi connectivity index (χ3n) is 3.91. The van der Waals surface area contributed by atoms with Crippen LogP contribution in [0, 0.1) is 0 Å². The van der Waals surface area contributed by atoms with Gasteiger partial charge in [0.05, 0.1) is 0 Å². The molecular formula is C13H22N6. The second-order valence-corrected chi connectivity index (χ2v) is 5.39. The van der Waals surface area contributed by atoms with E-state index in [1.54, 1.807) is 0 Å². The van der Waals surface area contributed by atoms with Crippen LogP contribution < -0.4 is 15.5 Å². The lowest BCUT2D eigenvalue weighted by Gasteiger charge is -2.22. The van der Waals surface area contributed by atoms with Gasteiger partial charge >= 0.3 is 0 Å². The van der Waals surface area contributed by atoms with Crippen molar-refractivity contribution in [2.75, 3.05) is 41.7 Å². The van der Waals surface area contributed by atoms with Gasteiger partial charge in [0.15, 0.2) is 0 Å². The maximum atomic E-state index is 5.86. The number of aromatic nitrogens is 3. The van der Waals surface area contributed by atoms with Crippen molar-refractivity contribution in [1.82, 2.24) is 15.0 Å². The summed E-state index contributed by atoms with van der Waals surface area (Å²) in [5, 5.41) is 0. The topological polar surface area (TPSA) is 71.2 Å². The van der Waals surface area contributed by atoms with E-state index in [9.17, 15) is 0 Å². The molecule has 2 aliphatic heterocycles. The molecule has 0 saturated carbocycles. The minimum atomic E-state index is 0.344. The highest BCUT2D eigenvalue weighted by molar-refractivity contribution is 5.44. The molecule has 0 aliphatic carbocycles. The summed E-state index contributed by atoms with van der Waals surface area (Å²) in [5.74, 6) is 1.86. The van der Waals surface area contributed by atoms with Gasteiger partial charge in [-0.1, -0.05) is 12.8 Å². The summed E-state index contributed by atoms with van der Waals surface area (Å²) in [6.07, 6.45) is 7.45. The summed E-state index contributed by atoms with van der Waals surface area (Å²) >= 11 is 0. The van der Waals surface area contributed by atoms with Crippen LogP contribution in [0.15, 0.2) is 0 Å². The zero-order valence-electron chi connectivity index (χ0n) is 11.4. The maximum absolute atomic E-state index is 5.86. The second kappa shape index (κ2) is 5.59. The SMILES string of the molecule is Nc1nc(N2CCCCCC2)nc(N2CCCC2)n1. The first-order valence-electron chi connectivity index (χ1n) is 7.34. The number of nitrogen functional groups attached to an aromatic ring is 1. The molecular weight excluding hydrogens is 240 g/mol. The minimum Gasteiger partial charge on any atom is -0.368 e. The van der Waals surface area contributed by atoms with Crippen LogP contribution in [0.1, 0.15) is 38.5 Å².